The van der Waals surface area contributed by atoms with Gasteiger partial charge in [0.1, 0.15) is 0 Å². The molecule has 0 rings (SSSR count). The Hall–Kier alpha value is -0.340. The lowest BCUT2D eigenvalue weighted by Crippen LogP contribution is -2.04. The fraction of sp³-hybridized carbons (Fsp3) is 0.882. The molecule has 2 nitrogen and oxygen atoms in total. The molecule has 0 unspecified atom stereocenters. The fourth-order valence-corrected chi connectivity index (χ4v) is 2.02. The van der Waals surface area contributed by atoms with E-state index in [4.69, 9.17) is 10.5 Å². The molecule has 0 amide bonds. The zero-order valence-corrected chi connectivity index (χ0v) is 13.0. The van der Waals surface area contributed by atoms with E-state index in [0.717, 1.165) is 26.2 Å². The van der Waals surface area contributed by atoms with Crippen LogP contribution < -0.4 is 5.73 Å². The summed E-state index contributed by atoms with van der Waals surface area (Å²) >= 11 is 0. The van der Waals surface area contributed by atoms with Gasteiger partial charge in [0.2, 0.25) is 0 Å². The minimum Gasteiger partial charge on any atom is -0.381 e. The molecule has 0 aliphatic heterocycles. The van der Waals surface area contributed by atoms with Crippen LogP contribution in [0.15, 0.2) is 12.2 Å². The molecule has 2 heteroatoms. The van der Waals surface area contributed by atoms with E-state index in [2.05, 4.69) is 19.1 Å². The average Bonchev–Trinajstić information content (AvgIpc) is 2.43. The quantitative estimate of drug-likeness (QED) is 0.341. The zero-order valence-electron chi connectivity index (χ0n) is 13.0. The first-order valence-corrected chi connectivity index (χ1v) is 8.34. The van der Waals surface area contributed by atoms with Crippen LogP contribution in [0.25, 0.3) is 0 Å². The van der Waals surface area contributed by atoms with E-state index in [-0.39, 0.29) is 0 Å². The molecule has 0 aromatic carbocycles. The summed E-state index contributed by atoms with van der Waals surface area (Å²) in [5.74, 6) is 0. The van der Waals surface area contributed by atoms with Crippen molar-refractivity contribution < 1.29 is 4.74 Å². The summed E-state index contributed by atoms with van der Waals surface area (Å²) in [5.41, 5.74) is 5.40. The van der Waals surface area contributed by atoms with Crippen molar-refractivity contribution in [3.8, 4) is 0 Å². The largest absolute Gasteiger partial charge is 0.381 e. The van der Waals surface area contributed by atoms with E-state index in [9.17, 15) is 0 Å². The van der Waals surface area contributed by atoms with E-state index in [0.29, 0.717) is 0 Å². The summed E-state index contributed by atoms with van der Waals surface area (Å²) < 4.78 is 5.48. The van der Waals surface area contributed by atoms with Crippen LogP contribution in [-0.2, 0) is 4.74 Å². The van der Waals surface area contributed by atoms with Crippen LogP contribution in [0.5, 0.6) is 0 Å². The van der Waals surface area contributed by atoms with Gasteiger partial charge in [-0.2, -0.15) is 0 Å². The Balaban J connectivity index is 2.97. The van der Waals surface area contributed by atoms with Crippen molar-refractivity contribution in [1.82, 2.24) is 0 Å². The monoisotopic (exact) mass is 269 g/mol. The number of unbranched alkanes of at least 4 members (excludes halogenated alkanes) is 8. The lowest BCUT2D eigenvalue weighted by molar-refractivity contribution is 0.129. The van der Waals surface area contributed by atoms with Crippen molar-refractivity contribution in [2.24, 2.45) is 5.73 Å². The van der Waals surface area contributed by atoms with Gasteiger partial charge in [-0.15, -0.1) is 0 Å². The van der Waals surface area contributed by atoms with E-state index < -0.39 is 0 Å². The molecule has 0 aromatic heterocycles. The fourth-order valence-electron chi connectivity index (χ4n) is 2.02. The van der Waals surface area contributed by atoms with Gasteiger partial charge in [-0.3, -0.25) is 0 Å². The molecule has 19 heavy (non-hydrogen) atoms. The molecule has 0 aromatic rings. The molecule has 0 saturated heterocycles. The lowest BCUT2D eigenvalue weighted by Gasteiger charge is -2.03. The van der Waals surface area contributed by atoms with Crippen LogP contribution in [0.3, 0.4) is 0 Å². The van der Waals surface area contributed by atoms with Gasteiger partial charge >= 0.3 is 0 Å². The van der Waals surface area contributed by atoms with Crippen molar-refractivity contribution in [2.45, 2.75) is 77.6 Å². The minimum atomic E-state index is 0.743. The molecule has 0 aliphatic carbocycles. The van der Waals surface area contributed by atoms with Crippen LogP contribution >= 0.6 is 0 Å². The molecule has 2 N–H and O–H groups in total. The first-order chi connectivity index (χ1) is 9.41. The van der Waals surface area contributed by atoms with Gasteiger partial charge in [-0.05, 0) is 38.6 Å². The first kappa shape index (κ1) is 18.7. The SMILES string of the molecule is CCCCC=CCCCCCCCCOCCCN. The third-order valence-corrected chi connectivity index (χ3v) is 3.29. The third-order valence-electron chi connectivity index (χ3n) is 3.29. The Kier molecular flexibility index (Phi) is 17.3. The summed E-state index contributed by atoms with van der Waals surface area (Å²) in [7, 11) is 0. The number of allylic oxidation sites excluding steroid dienone is 2. The molecule has 0 fully saturated rings. The number of nitrogens with two attached hydrogens (primary N) is 1. The van der Waals surface area contributed by atoms with Gasteiger partial charge < -0.3 is 10.5 Å². The molecule has 0 atom stereocenters. The second-order valence-electron chi connectivity index (χ2n) is 5.28. The molecule has 114 valence electrons. The van der Waals surface area contributed by atoms with Gasteiger partial charge in [-0.25, -0.2) is 0 Å². The molecule has 0 heterocycles. The normalized spacial score (nSPS) is 11.5. The average molecular weight is 269 g/mol. The Morgan fingerprint density at radius 2 is 1.32 bits per heavy atom. The van der Waals surface area contributed by atoms with Gasteiger partial charge in [0, 0.05) is 13.2 Å². The van der Waals surface area contributed by atoms with Crippen molar-refractivity contribution >= 4 is 0 Å². The highest BCUT2D eigenvalue weighted by atomic mass is 16.5. The highest BCUT2D eigenvalue weighted by Crippen LogP contribution is 2.08. The van der Waals surface area contributed by atoms with Crippen LogP contribution in [-0.4, -0.2) is 19.8 Å². The Morgan fingerprint density at radius 3 is 2.00 bits per heavy atom. The van der Waals surface area contributed by atoms with E-state index in [1.807, 2.05) is 0 Å². The Labute approximate surface area is 120 Å². The molecule has 0 bridgehead atoms. The molecule has 0 radical (unpaired) electrons. The number of ether oxygens (including phenoxy) is 1. The number of hydrogen-bond acceptors (Lipinski definition) is 2. The van der Waals surface area contributed by atoms with Crippen LogP contribution in [0, 0.1) is 0 Å². The van der Waals surface area contributed by atoms with Crippen LogP contribution in [0.2, 0.25) is 0 Å². The van der Waals surface area contributed by atoms with Crippen molar-refractivity contribution in [3.05, 3.63) is 12.2 Å². The smallest absolute Gasteiger partial charge is 0.0478 e. The second-order valence-corrected chi connectivity index (χ2v) is 5.28. The summed E-state index contributed by atoms with van der Waals surface area (Å²) in [4.78, 5) is 0. The molecular formula is C17H35NO. The maximum Gasteiger partial charge on any atom is 0.0478 e. The molecule has 0 spiro atoms. The predicted molar refractivity (Wildman–Crippen MR) is 85.5 cm³/mol. The summed E-state index contributed by atoms with van der Waals surface area (Å²) in [6.45, 7) is 4.74. The van der Waals surface area contributed by atoms with Crippen LogP contribution in [0.4, 0.5) is 0 Å². The van der Waals surface area contributed by atoms with Gasteiger partial charge in [-0.1, -0.05) is 57.6 Å². The van der Waals surface area contributed by atoms with Crippen molar-refractivity contribution in [2.75, 3.05) is 19.8 Å². The van der Waals surface area contributed by atoms with Crippen molar-refractivity contribution in [3.63, 3.8) is 0 Å². The van der Waals surface area contributed by atoms with E-state index in [1.165, 1.54) is 64.2 Å². The van der Waals surface area contributed by atoms with Gasteiger partial charge in [0.15, 0.2) is 0 Å². The highest BCUT2D eigenvalue weighted by Gasteiger charge is 1.92. The summed E-state index contributed by atoms with van der Waals surface area (Å²) in [6, 6.07) is 0. The Bertz CT molecular complexity index is 180. The lowest BCUT2D eigenvalue weighted by atomic mass is 10.1. The van der Waals surface area contributed by atoms with E-state index >= 15 is 0 Å². The number of rotatable bonds is 15. The standard InChI is InChI=1S/C17H35NO/c1-2-3-4-5-6-7-8-9-10-11-12-13-16-19-17-14-15-18/h5-6H,2-4,7-18H2,1H3. The highest BCUT2D eigenvalue weighted by molar-refractivity contribution is 4.81. The summed E-state index contributed by atoms with van der Waals surface area (Å²) in [5, 5.41) is 0. The van der Waals surface area contributed by atoms with Crippen LogP contribution in [0.1, 0.15) is 77.6 Å². The molecular weight excluding hydrogens is 234 g/mol. The van der Waals surface area contributed by atoms with Gasteiger partial charge in [0.25, 0.3) is 0 Å². The topological polar surface area (TPSA) is 35.2 Å². The molecule has 0 saturated carbocycles. The Morgan fingerprint density at radius 1 is 0.737 bits per heavy atom. The molecule has 0 aliphatic rings. The number of hydrogen-bond donors (Lipinski definition) is 1. The van der Waals surface area contributed by atoms with Gasteiger partial charge in [0.05, 0.1) is 0 Å². The van der Waals surface area contributed by atoms with E-state index in [1.54, 1.807) is 0 Å². The maximum absolute atomic E-state index is 5.48. The maximum atomic E-state index is 5.48. The summed E-state index contributed by atoms with van der Waals surface area (Å²) in [6.07, 6.45) is 18.9. The third kappa shape index (κ3) is 17.7. The zero-order chi connectivity index (χ0) is 14.0. The van der Waals surface area contributed by atoms with Crippen molar-refractivity contribution in [1.29, 1.82) is 0 Å². The minimum absolute atomic E-state index is 0.743. The second kappa shape index (κ2) is 17.7. The first-order valence-electron chi connectivity index (χ1n) is 8.34. The predicted octanol–water partition coefficient (Wildman–Crippen LogP) is 4.83.